The molecule has 41 heavy (non-hydrogen) atoms. The van der Waals surface area contributed by atoms with Crippen molar-refractivity contribution in [1.29, 1.82) is 0 Å². The van der Waals surface area contributed by atoms with Gasteiger partial charge in [0, 0.05) is 0 Å². The molecule has 6 nitrogen and oxygen atoms in total. The topological polar surface area (TPSA) is 69.4 Å². The molecular formula is C17H4F18N6. The minimum atomic E-state index is -7.78. The largest absolute Gasteiger partial charge is 0.419 e. The fourth-order valence-corrected chi connectivity index (χ4v) is 3.54. The summed E-state index contributed by atoms with van der Waals surface area (Å²) in [6.45, 7) is 0. The van der Waals surface area contributed by atoms with Crippen LogP contribution in [0, 0.1) is 0 Å². The minimum Gasteiger partial charge on any atom is -0.214 e. The van der Waals surface area contributed by atoms with E-state index in [0.717, 1.165) is 18.2 Å². The molecule has 0 saturated heterocycles. The van der Waals surface area contributed by atoms with Crippen LogP contribution in [0.2, 0.25) is 0 Å². The van der Waals surface area contributed by atoms with Gasteiger partial charge in [0.15, 0.2) is 11.6 Å². The molecule has 0 bridgehead atoms. The van der Waals surface area contributed by atoms with Crippen LogP contribution in [0.3, 0.4) is 0 Å². The summed E-state index contributed by atoms with van der Waals surface area (Å²) in [5.74, 6) is -10.6. The first-order chi connectivity index (χ1) is 18.2. The number of hydrogen-bond acceptors (Lipinski definition) is 5. The highest BCUT2D eigenvalue weighted by molar-refractivity contribution is 5.75. The van der Waals surface area contributed by atoms with Crippen molar-refractivity contribution in [3.63, 3.8) is 0 Å². The maximum absolute atomic E-state index is 13.7. The molecule has 0 saturated carbocycles. The zero-order valence-electron chi connectivity index (χ0n) is 18.3. The molecule has 0 unspecified atom stereocenters. The van der Waals surface area contributed by atoms with Crippen molar-refractivity contribution in [1.82, 2.24) is 29.9 Å². The quantitative estimate of drug-likeness (QED) is 0.310. The third-order valence-electron chi connectivity index (χ3n) is 5.39. The number of nitrogens with zero attached hydrogens (tertiary/aromatic N) is 6. The predicted octanol–water partition coefficient (Wildman–Crippen LogP) is 6.45. The Morgan fingerprint density at radius 3 is 1.15 bits per heavy atom. The van der Waals surface area contributed by atoms with Crippen molar-refractivity contribution < 1.29 is 79.0 Å². The molecule has 24 heteroatoms. The van der Waals surface area contributed by atoms with Crippen LogP contribution in [-0.2, 0) is 10.8 Å². The molecule has 228 valence electrons. The molecule has 0 fully saturated rings. The van der Waals surface area contributed by atoms with E-state index in [2.05, 4.69) is 20.3 Å². The molecule has 0 amide bonds. The van der Waals surface area contributed by atoms with Crippen LogP contribution in [0.4, 0.5) is 79.0 Å². The first-order valence-electron chi connectivity index (χ1n) is 9.64. The van der Waals surface area contributed by atoms with E-state index in [1.54, 1.807) is 0 Å². The maximum atomic E-state index is 13.7. The molecule has 2 aromatic heterocycles. The Morgan fingerprint density at radius 2 is 0.805 bits per heavy atom. The Balaban J connectivity index is 2.73. The number of hydrogen-bond donors (Lipinski definition) is 0. The number of rotatable bonds is 3. The zero-order chi connectivity index (χ0) is 31.8. The average Bonchev–Trinajstić information content (AvgIpc) is 3.11. The Morgan fingerprint density at radius 1 is 0.463 bits per heavy atom. The van der Waals surface area contributed by atoms with Gasteiger partial charge < -0.3 is 0 Å². The number of benzene rings is 1. The smallest absolute Gasteiger partial charge is 0.214 e. The van der Waals surface area contributed by atoms with E-state index in [0.29, 0.717) is 6.07 Å². The molecule has 0 aliphatic rings. The summed E-state index contributed by atoms with van der Waals surface area (Å²) in [7, 11) is 0. The van der Waals surface area contributed by atoms with E-state index in [-0.39, 0.29) is 0 Å². The lowest BCUT2D eigenvalue weighted by molar-refractivity contribution is -0.391. The second kappa shape index (κ2) is 8.93. The summed E-state index contributed by atoms with van der Waals surface area (Å²) in [5, 5.41) is 6.06. The molecule has 0 aliphatic heterocycles. The Hall–Kier alpha value is -3.63. The monoisotopic (exact) mass is 634 g/mol. The average molecular weight is 634 g/mol. The van der Waals surface area contributed by atoms with Gasteiger partial charge in [-0.15, -0.1) is 5.10 Å². The van der Waals surface area contributed by atoms with Crippen LogP contribution in [0.25, 0.3) is 17.0 Å². The van der Waals surface area contributed by atoms with Crippen LogP contribution in [0.1, 0.15) is 11.6 Å². The molecule has 0 radical (unpaired) electrons. The van der Waals surface area contributed by atoms with E-state index in [4.69, 9.17) is 0 Å². The van der Waals surface area contributed by atoms with Gasteiger partial charge >= 0.3 is 47.9 Å². The molecule has 0 N–H and O–H groups in total. The van der Waals surface area contributed by atoms with Crippen molar-refractivity contribution in [3.05, 3.63) is 35.9 Å². The highest BCUT2D eigenvalue weighted by Crippen LogP contribution is 2.62. The van der Waals surface area contributed by atoms with Gasteiger partial charge in [0.2, 0.25) is 0 Å². The Kier molecular flexibility index (Phi) is 6.95. The molecular weight excluding hydrogens is 630 g/mol. The Bertz CT molecular complexity index is 1280. The van der Waals surface area contributed by atoms with Crippen molar-refractivity contribution >= 4 is 11.0 Å². The molecule has 0 atom stereocenters. The van der Waals surface area contributed by atoms with Crippen LogP contribution >= 0.6 is 0 Å². The van der Waals surface area contributed by atoms with Gasteiger partial charge in [-0.1, -0.05) is 17.3 Å². The van der Waals surface area contributed by atoms with E-state index in [1.807, 2.05) is 0 Å². The third-order valence-corrected chi connectivity index (χ3v) is 5.39. The van der Waals surface area contributed by atoms with Gasteiger partial charge in [0.05, 0.1) is 5.52 Å². The summed E-state index contributed by atoms with van der Waals surface area (Å²) >= 11 is 0. The first-order valence-corrected chi connectivity index (χ1v) is 9.64. The van der Waals surface area contributed by atoms with Gasteiger partial charge in [0.25, 0.3) is 5.95 Å². The number of alkyl halides is 18. The fourth-order valence-electron chi connectivity index (χ4n) is 3.54. The van der Waals surface area contributed by atoms with Gasteiger partial charge in [-0.25, -0.2) is 4.98 Å². The molecule has 3 aromatic rings. The van der Waals surface area contributed by atoms with Crippen molar-refractivity contribution in [2.75, 3.05) is 0 Å². The first kappa shape index (κ1) is 31.9. The number of aromatic nitrogens is 6. The lowest BCUT2D eigenvalue weighted by atomic mass is 9.82. The highest BCUT2D eigenvalue weighted by atomic mass is 19.4. The van der Waals surface area contributed by atoms with Gasteiger partial charge in [0.1, 0.15) is 5.52 Å². The second-order valence-electron chi connectivity index (χ2n) is 7.76. The van der Waals surface area contributed by atoms with Gasteiger partial charge in [-0.05, 0) is 12.1 Å². The van der Waals surface area contributed by atoms with Crippen LogP contribution in [0.5, 0.6) is 0 Å². The van der Waals surface area contributed by atoms with Gasteiger partial charge in [-0.3, -0.25) is 0 Å². The fraction of sp³-hybridized carbons (Fsp3) is 0.471. The minimum absolute atomic E-state index is 0.397. The lowest BCUT2D eigenvalue weighted by Gasteiger charge is -2.39. The van der Waals surface area contributed by atoms with Crippen LogP contribution < -0.4 is 0 Å². The third kappa shape index (κ3) is 4.44. The summed E-state index contributed by atoms with van der Waals surface area (Å²) in [6, 6.07) is 3.63. The van der Waals surface area contributed by atoms with E-state index < -0.39 is 81.2 Å². The molecule has 1 aromatic carbocycles. The van der Waals surface area contributed by atoms with Crippen molar-refractivity contribution in [2.24, 2.45) is 0 Å². The van der Waals surface area contributed by atoms with E-state index in [9.17, 15) is 79.0 Å². The standard InChI is InChI=1S/C17H4F18N6/c18-12(19,20)10(13(21,22)23,14(24,25)26)7-36-8(11(15(27,28)29,16(30,31)32)17(33,34)35)38-9(37-7)41-6-4-2-1-3-5(6)39-40-41/h1-4H. The van der Waals surface area contributed by atoms with E-state index in [1.165, 1.54) is 4.98 Å². The molecule has 2 heterocycles. The molecule has 0 spiro atoms. The SMILES string of the molecule is FC(F)(F)C(c1nc(-n2nnc3ccccc32)nc(C(C(F)(F)F)(C(F)(F)F)C(F)(F)F)n1)(C(F)(F)F)C(F)(F)F. The summed E-state index contributed by atoms with van der Waals surface area (Å²) < 4.78 is 246. The van der Waals surface area contributed by atoms with Crippen LogP contribution in [0.15, 0.2) is 24.3 Å². The summed E-state index contributed by atoms with van der Waals surface area (Å²) in [5.41, 5.74) is -16.4. The number of fused-ring (bicyclic) bond motifs is 1. The van der Waals surface area contributed by atoms with Crippen LogP contribution in [-0.4, -0.2) is 67.0 Å². The van der Waals surface area contributed by atoms with Gasteiger partial charge in [-0.2, -0.15) is 93.7 Å². The van der Waals surface area contributed by atoms with Crippen molar-refractivity contribution in [3.8, 4) is 5.95 Å². The zero-order valence-corrected chi connectivity index (χ0v) is 18.3. The maximum Gasteiger partial charge on any atom is 0.419 e. The highest BCUT2D eigenvalue weighted by Gasteiger charge is 2.89. The summed E-state index contributed by atoms with van der Waals surface area (Å²) in [4.78, 5) is 5.63. The second-order valence-corrected chi connectivity index (χ2v) is 7.76. The predicted molar refractivity (Wildman–Crippen MR) is 91.9 cm³/mol. The lowest BCUT2D eigenvalue weighted by Crippen LogP contribution is -2.66. The summed E-state index contributed by atoms with van der Waals surface area (Å²) in [6.07, 6.45) is -46.7. The molecule has 0 aliphatic carbocycles. The van der Waals surface area contributed by atoms with Crippen molar-refractivity contribution in [2.45, 2.75) is 47.9 Å². The normalized spacial score (nSPS) is 15.1. The molecule has 3 rings (SSSR count). The number of para-hydroxylation sites is 1. The number of halogens is 18. The van der Waals surface area contributed by atoms with E-state index >= 15 is 0 Å². The Labute approximate surface area is 211 Å².